The lowest BCUT2D eigenvalue weighted by Crippen LogP contribution is -2.30. The van der Waals surface area contributed by atoms with Crippen molar-refractivity contribution >= 4 is 18.1 Å². The Bertz CT molecular complexity index is 241. The highest BCUT2D eigenvalue weighted by molar-refractivity contribution is 8.11. The molecule has 6 heteroatoms. The molecule has 0 aromatic carbocycles. The second-order valence-corrected chi connectivity index (χ2v) is 9.28. The van der Waals surface area contributed by atoms with Gasteiger partial charge in [-0.25, -0.2) is 0 Å². The number of hydrogen-bond acceptors (Lipinski definition) is 5. The summed E-state index contributed by atoms with van der Waals surface area (Å²) in [5.41, 5.74) is 0. The molecule has 0 aromatic rings. The van der Waals surface area contributed by atoms with E-state index in [0.29, 0.717) is 0 Å². The summed E-state index contributed by atoms with van der Waals surface area (Å²) in [5.74, 6) is -0.144. The predicted molar refractivity (Wildman–Crippen MR) is 58.1 cm³/mol. The molecule has 1 unspecified atom stereocenters. The van der Waals surface area contributed by atoms with Gasteiger partial charge in [-0.05, 0) is 13.3 Å². The summed E-state index contributed by atoms with van der Waals surface area (Å²) < 4.78 is 10.8. The van der Waals surface area contributed by atoms with Crippen LogP contribution in [0.2, 0.25) is 0 Å². The Balaban J connectivity index is 2.69. The standard InChI is InChI=1S/C8H17O4PS/c1-5-7(12-13(2,3)14)6(4-9)11-8(5)10/h5-10H,4H2,1-3H3/t5-,6+,7?,8+/m0/s1. The van der Waals surface area contributed by atoms with Crippen LogP contribution in [0.5, 0.6) is 0 Å². The molecule has 1 saturated heterocycles. The van der Waals surface area contributed by atoms with Gasteiger partial charge in [0.05, 0.1) is 19.0 Å². The smallest absolute Gasteiger partial charge is 0.160 e. The number of ether oxygens (including phenoxy) is 1. The van der Waals surface area contributed by atoms with Crippen LogP contribution in [0.4, 0.5) is 0 Å². The van der Waals surface area contributed by atoms with Gasteiger partial charge in [0.1, 0.15) is 6.10 Å². The van der Waals surface area contributed by atoms with Crippen molar-refractivity contribution in [2.24, 2.45) is 5.92 Å². The van der Waals surface area contributed by atoms with Crippen molar-refractivity contribution < 1.29 is 19.5 Å². The summed E-state index contributed by atoms with van der Waals surface area (Å²) in [6, 6.07) is 0. The maximum atomic E-state index is 9.43. The number of rotatable bonds is 3. The minimum Gasteiger partial charge on any atom is -0.394 e. The van der Waals surface area contributed by atoms with Crippen molar-refractivity contribution in [2.75, 3.05) is 19.9 Å². The molecule has 2 N–H and O–H groups in total. The van der Waals surface area contributed by atoms with E-state index in [1.807, 2.05) is 20.3 Å². The van der Waals surface area contributed by atoms with Gasteiger partial charge in [-0.2, -0.15) is 0 Å². The molecule has 0 bridgehead atoms. The lowest BCUT2D eigenvalue weighted by atomic mass is 10.0. The lowest BCUT2D eigenvalue weighted by Gasteiger charge is -2.24. The first-order chi connectivity index (χ1) is 6.35. The van der Waals surface area contributed by atoms with Gasteiger partial charge in [-0.1, -0.05) is 18.7 Å². The molecule has 0 aromatic heterocycles. The van der Waals surface area contributed by atoms with E-state index in [1.165, 1.54) is 0 Å². The molecule has 1 aliphatic rings. The SMILES string of the molecule is C[C@H]1C(OP(C)(C)=S)[C@@H](CO)O[C@H]1O. The molecule has 1 rings (SSSR count). The van der Waals surface area contributed by atoms with Gasteiger partial charge < -0.3 is 19.5 Å². The highest BCUT2D eigenvalue weighted by atomic mass is 32.4. The van der Waals surface area contributed by atoms with Crippen molar-refractivity contribution in [3.05, 3.63) is 0 Å². The van der Waals surface area contributed by atoms with E-state index in [4.69, 9.17) is 26.2 Å². The Hall–Kier alpha value is 0.490. The van der Waals surface area contributed by atoms with Gasteiger partial charge >= 0.3 is 0 Å². The van der Waals surface area contributed by atoms with Crippen LogP contribution in [0.25, 0.3) is 0 Å². The minimum atomic E-state index is -1.80. The van der Waals surface area contributed by atoms with Crippen molar-refractivity contribution in [1.29, 1.82) is 0 Å². The number of aliphatic hydroxyl groups is 2. The molecule has 0 radical (unpaired) electrons. The Labute approximate surface area is 89.3 Å². The molecule has 0 spiro atoms. The maximum absolute atomic E-state index is 9.43. The first-order valence-corrected chi connectivity index (χ1v) is 8.14. The average molecular weight is 240 g/mol. The van der Waals surface area contributed by atoms with Gasteiger partial charge in [-0.15, -0.1) is 0 Å². The molecule has 1 aliphatic heterocycles. The Morgan fingerprint density at radius 1 is 1.50 bits per heavy atom. The second kappa shape index (κ2) is 4.56. The van der Waals surface area contributed by atoms with Gasteiger partial charge in [0.15, 0.2) is 6.29 Å². The zero-order valence-electron chi connectivity index (χ0n) is 8.58. The third-order valence-electron chi connectivity index (χ3n) is 2.20. The highest BCUT2D eigenvalue weighted by Gasteiger charge is 2.42. The summed E-state index contributed by atoms with van der Waals surface area (Å²) in [7, 11) is 0. The second-order valence-electron chi connectivity index (χ2n) is 3.93. The predicted octanol–water partition coefficient (Wildman–Crippen LogP) is 0.371. The maximum Gasteiger partial charge on any atom is 0.160 e. The summed E-state index contributed by atoms with van der Waals surface area (Å²) >= 11 is 5.18. The Kier molecular flexibility index (Phi) is 4.09. The average Bonchev–Trinajstić information content (AvgIpc) is 2.30. The largest absolute Gasteiger partial charge is 0.394 e. The molecule has 4 nitrogen and oxygen atoms in total. The normalized spacial score (nSPS) is 38.9. The Morgan fingerprint density at radius 3 is 2.50 bits per heavy atom. The highest BCUT2D eigenvalue weighted by Crippen LogP contribution is 2.44. The summed E-state index contributed by atoms with van der Waals surface area (Å²) in [4.78, 5) is 0. The van der Waals surface area contributed by atoms with Crippen LogP contribution in [-0.2, 0) is 21.1 Å². The first kappa shape index (κ1) is 12.6. The van der Waals surface area contributed by atoms with Crippen molar-refractivity contribution in [3.63, 3.8) is 0 Å². The molecule has 0 amide bonds. The van der Waals surface area contributed by atoms with E-state index in [2.05, 4.69) is 0 Å². The van der Waals surface area contributed by atoms with E-state index >= 15 is 0 Å². The van der Waals surface area contributed by atoms with Crippen molar-refractivity contribution in [2.45, 2.75) is 25.4 Å². The number of aliphatic hydroxyl groups excluding tert-OH is 2. The topological polar surface area (TPSA) is 58.9 Å². The third-order valence-corrected chi connectivity index (χ3v) is 3.21. The molecule has 0 aliphatic carbocycles. The molecular formula is C8H17O4PS. The third kappa shape index (κ3) is 2.99. The van der Waals surface area contributed by atoms with Crippen LogP contribution in [0.1, 0.15) is 6.92 Å². The molecule has 14 heavy (non-hydrogen) atoms. The van der Waals surface area contributed by atoms with Crippen LogP contribution in [-0.4, -0.2) is 48.6 Å². The fourth-order valence-corrected chi connectivity index (χ4v) is 2.70. The molecule has 84 valence electrons. The van der Waals surface area contributed by atoms with Crippen LogP contribution in [0.3, 0.4) is 0 Å². The van der Waals surface area contributed by atoms with Crippen LogP contribution >= 0.6 is 6.26 Å². The van der Waals surface area contributed by atoms with Gasteiger partial charge in [0.2, 0.25) is 0 Å². The van der Waals surface area contributed by atoms with Crippen molar-refractivity contribution in [1.82, 2.24) is 0 Å². The molecule has 1 heterocycles. The van der Waals surface area contributed by atoms with E-state index in [-0.39, 0.29) is 18.6 Å². The monoisotopic (exact) mass is 240 g/mol. The number of hydrogen-bond donors (Lipinski definition) is 2. The molecule has 0 saturated carbocycles. The van der Waals surface area contributed by atoms with Gasteiger partial charge in [0.25, 0.3) is 0 Å². The summed E-state index contributed by atoms with van der Waals surface area (Å²) in [6.07, 6.45) is -3.41. The fourth-order valence-electron chi connectivity index (χ4n) is 1.49. The van der Waals surface area contributed by atoms with E-state index in [1.54, 1.807) is 0 Å². The van der Waals surface area contributed by atoms with Crippen LogP contribution < -0.4 is 0 Å². The molecule has 4 atom stereocenters. The summed E-state index contributed by atoms with van der Waals surface area (Å²) in [5, 5.41) is 18.5. The van der Waals surface area contributed by atoms with Gasteiger partial charge in [0, 0.05) is 5.92 Å². The van der Waals surface area contributed by atoms with E-state index in [0.717, 1.165) is 0 Å². The van der Waals surface area contributed by atoms with Crippen LogP contribution in [0.15, 0.2) is 0 Å². The molecule has 1 fully saturated rings. The quantitative estimate of drug-likeness (QED) is 0.698. The lowest BCUT2D eigenvalue weighted by molar-refractivity contribution is -0.115. The first-order valence-electron chi connectivity index (χ1n) is 4.53. The Morgan fingerprint density at radius 2 is 2.07 bits per heavy atom. The minimum absolute atomic E-state index is 0.144. The molecular weight excluding hydrogens is 223 g/mol. The van der Waals surface area contributed by atoms with E-state index in [9.17, 15) is 5.11 Å². The summed E-state index contributed by atoms with van der Waals surface area (Å²) in [6.45, 7) is 5.42. The zero-order valence-corrected chi connectivity index (χ0v) is 10.3. The van der Waals surface area contributed by atoms with E-state index < -0.39 is 18.7 Å². The van der Waals surface area contributed by atoms with Crippen molar-refractivity contribution in [3.8, 4) is 0 Å². The van der Waals surface area contributed by atoms with Gasteiger partial charge in [-0.3, -0.25) is 0 Å². The van der Waals surface area contributed by atoms with Crippen LogP contribution in [0, 0.1) is 5.92 Å². The zero-order chi connectivity index (χ0) is 10.9. The fraction of sp³-hybridized carbons (Fsp3) is 1.00.